The molecule has 0 saturated heterocycles. The monoisotopic (exact) mass is 214 g/mol. The molecule has 41 valence electrons. The summed E-state index contributed by atoms with van der Waals surface area (Å²) in [6.07, 6.45) is 4.73. The van der Waals surface area contributed by atoms with Crippen LogP contribution in [0.5, 0.6) is 0 Å². The molecule has 0 atom stereocenters. The van der Waals surface area contributed by atoms with Gasteiger partial charge in [0.1, 0.15) is 0 Å². The molecule has 0 nitrogen and oxygen atoms in total. The average Bonchev–Trinajstić information content (AvgIpc) is 1.41. The predicted molar refractivity (Wildman–Crippen MR) is 24.9 cm³/mol. The van der Waals surface area contributed by atoms with Crippen molar-refractivity contribution in [1.29, 1.82) is 0 Å². The Morgan fingerprint density at radius 3 is 1.86 bits per heavy atom. The van der Waals surface area contributed by atoms with E-state index < -0.39 is 0 Å². The molecule has 0 saturated carbocycles. The fourth-order valence-corrected chi connectivity index (χ4v) is 0.289. The van der Waals surface area contributed by atoms with Crippen LogP contribution >= 0.6 is 0 Å². The summed E-state index contributed by atoms with van der Waals surface area (Å²) in [5, 5.41) is 0. The van der Waals surface area contributed by atoms with Gasteiger partial charge in [0, 0.05) is 19.5 Å². The van der Waals surface area contributed by atoms with Crippen molar-refractivity contribution in [2.45, 2.75) is 26.7 Å². The van der Waals surface area contributed by atoms with Crippen LogP contribution in [-0.4, -0.2) is 0 Å². The van der Waals surface area contributed by atoms with E-state index in [9.17, 15) is 0 Å². The maximum atomic E-state index is 2.18. The molecule has 0 bridgehead atoms. The number of hydrogen-bond acceptors (Lipinski definition) is 0. The van der Waals surface area contributed by atoms with Crippen molar-refractivity contribution in [3.8, 4) is 0 Å². The van der Waals surface area contributed by atoms with Gasteiger partial charge < -0.3 is 17.0 Å². The quantitative estimate of drug-likeness (QED) is 0.520. The summed E-state index contributed by atoms with van der Waals surface area (Å²) in [7, 11) is 0. The van der Waals surface area contributed by atoms with E-state index in [1.54, 1.807) is 0 Å². The average molecular weight is 216 g/mol. The summed E-state index contributed by atoms with van der Waals surface area (Å²) in [6, 6.07) is 0. The number of hydrogen-bond donors (Lipinski definition) is 0. The first kappa shape index (κ1) is 15.7. The van der Waals surface area contributed by atoms with E-state index in [0.29, 0.717) is 0 Å². The molecule has 0 aromatic carbocycles. The second-order valence-corrected chi connectivity index (χ2v) is 1.20. The third-order valence-corrected chi connectivity index (χ3v) is 0.577. The van der Waals surface area contributed by atoms with Gasteiger partial charge in [0.25, 0.3) is 0 Å². The standard InChI is InChI=1S/C5H11.BrH.Zn/c1-3-5-4-2;;/h3H,4-5H2,1-2H3;1H;/p-1. The Hall–Kier alpha value is 1.10. The Labute approximate surface area is 69.6 Å². The van der Waals surface area contributed by atoms with E-state index in [-0.39, 0.29) is 36.5 Å². The molecule has 0 heterocycles. The first-order chi connectivity index (χ1) is 2.41. The first-order valence-corrected chi connectivity index (χ1v) is 2.19. The van der Waals surface area contributed by atoms with Crippen molar-refractivity contribution in [3.63, 3.8) is 0 Å². The van der Waals surface area contributed by atoms with E-state index in [2.05, 4.69) is 20.3 Å². The zero-order valence-electron chi connectivity index (χ0n) is 5.08. The van der Waals surface area contributed by atoms with Gasteiger partial charge in [0.15, 0.2) is 0 Å². The van der Waals surface area contributed by atoms with Crippen LogP contribution < -0.4 is 17.0 Å². The van der Waals surface area contributed by atoms with Crippen LogP contribution in [0, 0.1) is 6.42 Å². The second kappa shape index (κ2) is 15.7. The van der Waals surface area contributed by atoms with Crippen LogP contribution in [0.4, 0.5) is 0 Å². The van der Waals surface area contributed by atoms with Crippen molar-refractivity contribution >= 4 is 0 Å². The van der Waals surface area contributed by atoms with Gasteiger partial charge in [-0.05, 0) is 6.42 Å². The van der Waals surface area contributed by atoms with E-state index in [1.807, 2.05) is 0 Å². The van der Waals surface area contributed by atoms with Gasteiger partial charge in [-0.25, -0.2) is 0 Å². The van der Waals surface area contributed by atoms with Gasteiger partial charge in [0.2, 0.25) is 0 Å². The molecule has 1 radical (unpaired) electrons. The van der Waals surface area contributed by atoms with E-state index in [0.717, 1.165) is 0 Å². The predicted octanol–water partition coefficient (Wildman–Crippen LogP) is -0.988. The molecule has 0 aliphatic rings. The Bertz CT molecular complexity index is 15.6. The van der Waals surface area contributed by atoms with Gasteiger partial charge in [-0.3, -0.25) is 0 Å². The first-order valence-electron chi connectivity index (χ1n) is 2.19. The van der Waals surface area contributed by atoms with Crippen LogP contribution in [0.25, 0.3) is 0 Å². The third kappa shape index (κ3) is 19.2. The van der Waals surface area contributed by atoms with Crippen LogP contribution in [0.3, 0.4) is 0 Å². The van der Waals surface area contributed by atoms with E-state index in [1.165, 1.54) is 12.8 Å². The normalized spacial score (nSPS) is 6.00. The molecule has 0 fully saturated rings. The minimum Gasteiger partial charge on any atom is -1.00 e. The van der Waals surface area contributed by atoms with Crippen LogP contribution in [0.15, 0.2) is 0 Å². The van der Waals surface area contributed by atoms with Crippen LogP contribution in [-0.2, 0) is 19.5 Å². The Balaban J connectivity index is -0.0000000800. The molecule has 7 heavy (non-hydrogen) atoms. The third-order valence-electron chi connectivity index (χ3n) is 0.577. The number of unbranched alkanes of at least 4 members (excludes halogenated alkanes) is 2. The molecule has 0 spiro atoms. The van der Waals surface area contributed by atoms with Gasteiger partial charge in [-0.2, -0.15) is 0 Å². The van der Waals surface area contributed by atoms with Crippen molar-refractivity contribution in [1.82, 2.24) is 0 Å². The van der Waals surface area contributed by atoms with Crippen LogP contribution in [0.2, 0.25) is 0 Å². The SMILES string of the molecule is C[CH]CCC.[Br-].[Zn]. The molecule has 2 heteroatoms. The Morgan fingerprint density at radius 2 is 1.86 bits per heavy atom. The van der Waals surface area contributed by atoms with Crippen molar-refractivity contribution < 1.29 is 36.5 Å². The van der Waals surface area contributed by atoms with Crippen molar-refractivity contribution in [3.05, 3.63) is 6.42 Å². The molecular weight excluding hydrogens is 205 g/mol. The maximum absolute atomic E-state index is 2.18. The minimum atomic E-state index is 0. The summed E-state index contributed by atoms with van der Waals surface area (Å²) in [5.74, 6) is 0. The zero-order valence-corrected chi connectivity index (χ0v) is 9.63. The van der Waals surface area contributed by atoms with E-state index >= 15 is 0 Å². The maximum Gasteiger partial charge on any atom is 0 e. The van der Waals surface area contributed by atoms with Crippen LogP contribution in [0.1, 0.15) is 26.7 Å². The molecule has 0 aromatic heterocycles. The molecule has 0 amide bonds. The summed E-state index contributed by atoms with van der Waals surface area (Å²) < 4.78 is 0. The molecule has 0 rings (SSSR count). The Morgan fingerprint density at radius 1 is 1.43 bits per heavy atom. The second-order valence-electron chi connectivity index (χ2n) is 1.20. The van der Waals surface area contributed by atoms with Crippen molar-refractivity contribution in [2.24, 2.45) is 0 Å². The summed E-state index contributed by atoms with van der Waals surface area (Å²) in [4.78, 5) is 0. The zero-order chi connectivity index (χ0) is 4.12. The van der Waals surface area contributed by atoms with E-state index in [4.69, 9.17) is 0 Å². The summed E-state index contributed by atoms with van der Waals surface area (Å²) in [6.45, 7) is 4.27. The summed E-state index contributed by atoms with van der Waals surface area (Å²) in [5.41, 5.74) is 0. The van der Waals surface area contributed by atoms with Gasteiger partial charge >= 0.3 is 0 Å². The van der Waals surface area contributed by atoms with Gasteiger partial charge in [0.05, 0.1) is 0 Å². The summed E-state index contributed by atoms with van der Waals surface area (Å²) >= 11 is 0. The molecular formula is C5H11BrZn-. The smallest absolute Gasteiger partial charge is 0 e. The topological polar surface area (TPSA) is 0 Å². The Kier molecular flexibility index (Phi) is 35.2. The number of halogens is 1. The number of rotatable bonds is 2. The largest absolute Gasteiger partial charge is 1.00 e. The fraction of sp³-hybridized carbons (Fsp3) is 0.800. The van der Waals surface area contributed by atoms with Gasteiger partial charge in [-0.1, -0.05) is 26.7 Å². The molecule has 0 N–H and O–H groups in total. The van der Waals surface area contributed by atoms with Crippen molar-refractivity contribution in [2.75, 3.05) is 0 Å². The minimum absolute atomic E-state index is 0. The molecule has 0 aromatic rings. The molecule has 0 unspecified atom stereocenters. The molecule has 0 aliphatic carbocycles. The fourth-order valence-electron chi connectivity index (χ4n) is 0.289. The molecule has 0 aliphatic heterocycles. The van der Waals surface area contributed by atoms with Gasteiger partial charge in [-0.15, -0.1) is 0 Å².